The number of carbonyl (C=O) groups is 2. The number of hydrogen-bond donors (Lipinski definition) is 1. The van der Waals surface area contributed by atoms with E-state index in [1.165, 1.54) is 16.7 Å². The maximum Gasteiger partial charge on any atom is 1.00 e. The molecule has 0 saturated carbocycles. The van der Waals surface area contributed by atoms with Crippen LogP contribution in [0.3, 0.4) is 0 Å². The quantitative estimate of drug-likeness (QED) is 0.411. The molecule has 1 aromatic rings. The van der Waals surface area contributed by atoms with Crippen molar-refractivity contribution in [3.8, 4) is 0 Å². The second-order valence-corrected chi connectivity index (χ2v) is 7.44. The van der Waals surface area contributed by atoms with Crippen molar-refractivity contribution in [2.24, 2.45) is 18.9 Å². The van der Waals surface area contributed by atoms with Gasteiger partial charge in [-0.25, -0.2) is 4.98 Å². The van der Waals surface area contributed by atoms with E-state index in [2.05, 4.69) is 4.98 Å². The number of fused-ring (bicyclic) bond motifs is 1. The zero-order chi connectivity index (χ0) is 17.6. The van der Waals surface area contributed by atoms with Crippen LogP contribution < -0.4 is 34.7 Å². The number of thioether (sulfide) groups is 1. The van der Waals surface area contributed by atoms with Crippen LogP contribution in [0.5, 0.6) is 0 Å². The van der Waals surface area contributed by atoms with Gasteiger partial charge in [-0.3, -0.25) is 4.79 Å². The average molecular weight is 373 g/mol. The van der Waals surface area contributed by atoms with Gasteiger partial charge in [0, 0.05) is 42.4 Å². The van der Waals surface area contributed by atoms with E-state index >= 15 is 0 Å². The molecule has 0 spiro atoms. The molecule has 7 nitrogen and oxygen atoms in total. The number of carboxylic acid groups (broad SMARTS) is 1. The van der Waals surface area contributed by atoms with Gasteiger partial charge in [0.2, 0.25) is 5.91 Å². The first kappa shape index (κ1) is 20.5. The van der Waals surface area contributed by atoms with Crippen LogP contribution in [0.1, 0.15) is 19.7 Å². The number of nitrogens with zero attached hydrogens (tertiary/aromatic N) is 3. The number of carbonyl (C=O) groups excluding carboxylic acids is 2. The number of hydrogen-bond acceptors (Lipinski definition) is 6. The van der Waals surface area contributed by atoms with Crippen molar-refractivity contribution < 1.29 is 49.4 Å². The number of carboxylic acids is 1. The third-order valence-corrected chi connectivity index (χ3v) is 6.09. The molecule has 4 unspecified atom stereocenters. The molecule has 25 heavy (non-hydrogen) atoms. The van der Waals surface area contributed by atoms with Crippen LogP contribution in [0.2, 0.25) is 0 Å². The molecule has 0 aromatic carbocycles. The number of aryl methyl sites for hydroxylation is 2. The molecule has 2 aliphatic heterocycles. The van der Waals surface area contributed by atoms with Crippen LogP contribution in [-0.4, -0.2) is 49.3 Å². The summed E-state index contributed by atoms with van der Waals surface area (Å²) in [6.45, 7) is 3.47. The minimum absolute atomic E-state index is 0. The number of β-lactam (4-membered cyclic amide) rings is 1. The molecule has 3 heterocycles. The van der Waals surface area contributed by atoms with Crippen molar-refractivity contribution in [3.63, 3.8) is 0 Å². The minimum Gasteiger partial charge on any atom is -0.543 e. The van der Waals surface area contributed by atoms with Gasteiger partial charge in [-0.05, 0) is 6.92 Å². The SMILES string of the molecule is CC(O)C1C(=O)N2C(C(=O)[O-])=C(SCCc3nccn3C)C(C)C12.[Na+]. The molecule has 0 bridgehead atoms. The molecule has 4 atom stereocenters. The Morgan fingerprint density at radius 2 is 2.20 bits per heavy atom. The van der Waals surface area contributed by atoms with Crippen LogP contribution in [0, 0.1) is 11.8 Å². The zero-order valence-corrected chi connectivity index (χ0v) is 17.6. The van der Waals surface area contributed by atoms with Crippen LogP contribution in [0.15, 0.2) is 23.0 Å². The molecule has 1 N–H and O–H groups in total. The van der Waals surface area contributed by atoms with Gasteiger partial charge in [0.25, 0.3) is 0 Å². The molecule has 1 saturated heterocycles. The smallest absolute Gasteiger partial charge is 0.543 e. The van der Waals surface area contributed by atoms with E-state index in [1.54, 1.807) is 13.1 Å². The molecule has 2 aliphatic rings. The van der Waals surface area contributed by atoms with E-state index in [9.17, 15) is 19.8 Å². The predicted molar refractivity (Wildman–Crippen MR) is 86.4 cm³/mol. The van der Waals surface area contributed by atoms with Gasteiger partial charge in [-0.1, -0.05) is 6.92 Å². The Hall–Kier alpha value is -0.800. The largest absolute Gasteiger partial charge is 1.00 e. The molecule has 0 aliphatic carbocycles. The summed E-state index contributed by atoms with van der Waals surface area (Å²) in [4.78, 5) is 30.0. The summed E-state index contributed by atoms with van der Waals surface area (Å²) in [5.74, 6) is -0.745. The normalized spacial score (nSPS) is 26.2. The first-order chi connectivity index (χ1) is 11.3. The number of aliphatic hydroxyl groups excluding tert-OH is 1. The summed E-state index contributed by atoms with van der Waals surface area (Å²) < 4.78 is 1.92. The fourth-order valence-electron chi connectivity index (χ4n) is 3.60. The van der Waals surface area contributed by atoms with Gasteiger partial charge in [0.1, 0.15) is 5.82 Å². The van der Waals surface area contributed by atoms with E-state index in [0.29, 0.717) is 17.1 Å². The summed E-state index contributed by atoms with van der Waals surface area (Å²) in [7, 11) is 1.91. The monoisotopic (exact) mass is 373 g/mol. The zero-order valence-electron chi connectivity index (χ0n) is 14.8. The van der Waals surface area contributed by atoms with Crippen LogP contribution >= 0.6 is 11.8 Å². The second-order valence-electron chi connectivity index (χ2n) is 6.31. The number of aliphatic carboxylic acids is 1. The second kappa shape index (κ2) is 7.84. The topological polar surface area (TPSA) is 98.5 Å². The van der Waals surface area contributed by atoms with Crippen molar-refractivity contribution in [2.45, 2.75) is 32.4 Å². The van der Waals surface area contributed by atoms with Crippen molar-refractivity contribution in [2.75, 3.05) is 5.75 Å². The Bertz CT molecular complexity index is 718. The van der Waals surface area contributed by atoms with Crippen LogP contribution in [0.25, 0.3) is 0 Å². The van der Waals surface area contributed by atoms with Crippen molar-refractivity contribution >= 4 is 23.6 Å². The van der Waals surface area contributed by atoms with E-state index in [0.717, 1.165) is 5.82 Å². The number of aromatic nitrogens is 2. The van der Waals surface area contributed by atoms with Gasteiger partial charge in [-0.15, -0.1) is 11.8 Å². The van der Waals surface area contributed by atoms with Gasteiger partial charge < -0.3 is 24.5 Å². The standard InChI is InChI=1S/C16H21N3O4S.Na/c1-8-12-11(9(2)20)15(21)19(12)13(16(22)23)14(8)24-7-4-10-17-5-6-18(10)3;/h5-6,8-9,11-12,20H,4,7H2,1-3H3,(H,22,23);/q;+1/p-1. The Morgan fingerprint density at radius 1 is 1.52 bits per heavy atom. The van der Waals surface area contributed by atoms with Gasteiger partial charge in [0.05, 0.1) is 29.7 Å². The molecule has 9 heteroatoms. The summed E-state index contributed by atoms with van der Waals surface area (Å²) >= 11 is 1.43. The van der Waals surface area contributed by atoms with E-state index < -0.39 is 18.0 Å². The van der Waals surface area contributed by atoms with Crippen molar-refractivity contribution in [1.82, 2.24) is 14.5 Å². The maximum atomic E-state index is 12.2. The first-order valence-electron chi connectivity index (χ1n) is 7.90. The number of rotatable bonds is 6. The van der Waals surface area contributed by atoms with E-state index in [1.807, 2.05) is 24.7 Å². The molecule has 0 radical (unpaired) electrons. The fourth-order valence-corrected chi connectivity index (χ4v) is 4.82. The number of aliphatic hydroxyl groups is 1. The summed E-state index contributed by atoms with van der Waals surface area (Å²) in [5.41, 5.74) is -0.0285. The third-order valence-electron chi connectivity index (χ3n) is 4.81. The van der Waals surface area contributed by atoms with Gasteiger partial charge in [-0.2, -0.15) is 0 Å². The van der Waals surface area contributed by atoms with Crippen LogP contribution in [-0.2, 0) is 23.1 Å². The Morgan fingerprint density at radius 3 is 2.72 bits per heavy atom. The Kier molecular flexibility index (Phi) is 6.43. The summed E-state index contributed by atoms with van der Waals surface area (Å²) in [6, 6.07) is -0.291. The molecule has 1 aromatic heterocycles. The molecule has 130 valence electrons. The molecule has 1 amide bonds. The Balaban J connectivity index is 0.00000225. The van der Waals surface area contributed by atoms with E-state index in [4.69, 9.17) is 0 Å². The van der Waals surface area contributed by atoms with Gasteiger partial charge in [0.15, 0.2) is 0 Å². The third kappa shape index (κ3) is 3.42. The van der Waals surface area contributed by atoms with E-state index in [-0.39, 0.29) is 53.1 Å². The number of imidazole rings is 1. The fraction of sp³-hybridized carbons (Fsp3) is 0.562. The van der Waals surface area contributed by atoms with Crippen molar-refractivity contribution in [1.29, 1.82) is 0 Å². The Labute approximate surface area is 172 Å². The molecule has 1 fully saturated rings. The molecule has 3 rings (SSSR count). The average Bonchev–Trinajstić information content (AvgIpc) is 3.00. The molecular weight excluding hydrogens is 353 g/mol. The number of amides is 1. The summed E-state index contributed by atoms with van der Waals surface area (Å²) in [6.07, 6.45) is 3.49. The molecular formula is C16H20N3NaO4S. The maximum absolute atomic E-state index is 12.2. The van der Waals surface area contributed by atoms with Gasteiger partial charge >= 0.3 is 29.6 Å². The minimum atomic E-state index is -1.33. The van der Waals surface area contributed by atoms with Crippen molar-refractivity contribution in [3.05, 3.63) is 28.8 Å². The summed E-state index contributed by atoms with van der Waals surface area (Å²) in [5, 5.41) is 21.4. The first-order valence-corrected chi connectivity index (χ1v) is 8.88. The predicted octanol–water partition coefficient (Wildman–Crippen LogP) is -3.48. The van der Waals surface area contributed by atoms with Crippen LogP contribution in [0.4, 0.5) is 0 Å².